The highest BCUT2D eigenvalue weighted by atomic mass is 19.3. The molecule has 0 N–H and O–H groups in total. The standard InChI is InChI=1S/C20H17F2N5O4/c1-30-9-8-26-19(28)14-4-2-3-5-15(14)27(20(26)29)11-13-7-6-12(10-23-13)17-24-25-18(31-17)16(21)22/h2-7,10,16H,8-9,11H2,1H3. The zero-order valence-electron chi connectivity index (χ0n) is 16.4. The lowest BCUT2D eigenvalue weighted by atomic mass is 10.2. The van der Waals surface area contributed by atoms with Gasteiger partial charge in [-0.15, -0.1) is 10.2 Å². The normalized spacial score (nSPS) is 11.5. The van der Waals surface area contributed by atoms with Crippen LogP contribution in [0.15, 0.2) is 56.6 Å². The second-order valence-corrected chi connectivity index (χ2v) is 6.62. The summed E-state index contributed by atoms with van der Waals surface area (Å²) < 4.78 is 37.8. The van der Waals surface area contributed by atoms with Crippen molar-refractivity contribution in [1.29, 1.82) is 0 Å². The van der Waals surface area contributed by atoms with Gasteiger partial charge in [0.2, 0.25) is 5.89 Å². The first-order valence-electron chi connectivity index (χ1n) is 9.27. The Balaban J connectivity index is 1.71. The number of methoxy groups -OCH3 is 1. The molecule has 0 unspecified atom stereocenters. The van der Waals surface area contributed by atoms with Crippen molar-refractivity contribution >= 4 is 10.9 Å². The van der Waals surface area contributed by atoms with Crippen LogP contribution in [0.1, 0.15) is 18.0 Å². The van der Waals surface area contributed by atoms with Crippen molar-refractivity contribution in [2.75, 3.05) is 13.7 Å². The summed E-state index contributed by atoms with van der Waals surface area (Å²) in [6.45, 7) is 0.430. The molecule has 160 valence electrons. The third-order valence-corrected chi connectivity index (χ3v) is 4.67. The molecule has 31 heavy (non-hydrogen) atoms. The van der Waals surface area contributed by atoms with Gasteiger partial charge in [-0.05, 0) is 24.3 Å². The van der Waals surface area contributed by atoms with E-state index < -0.39 is 18.0 Å². The van der Waals surface area contributed by atoms with Gasteiger partial charge in [-0.1, -0.05) is 12.1 Å². The molecule has 0 saturated carbocycles. The molecule has 0 aliphatic heterocycles. The van der Waals surface area contributed by atoms with Gasteiger partial charge in [-0.3, -0.25) is 18.9 Å². The lowest BCUT2D eigenvalue weighted by molar-refractivity contribution is 0.116. The molecule has 0 atom stereocenters. The summed E-state index contributed by atoms with van der Waals surface area (Å²) in [6.07, 6.45) is -1.46. The maximum atomic E-state index is 13.0. The maximum Gasteiger partial charge on any atom is 0.331 e. The maximum absolute atomic E-state index is 13.0. The summed E-state index contributed by atoms with van der Waals surface area (Å²) in [7, 11) is 1.49. The molecule has 11 heteroatoms. The van der Waals surface area contributed by atoms with Crippen molar-refractivity contribution < 1.29 is 17.9 Å². The number of rotatable bonds is 7. The van der Waals surface area contributed by atoms with Gasteiger partial charge in [0.15, 0.2) is 0 Å². The van der Waals surface area contributed by atoms with Crippen LogP contribution in [0.2, 0.25) is 0 Å². The number of nitrogens with zero attached hydrogens (tertiary/aromatic N) is 5. The molecule has 1 aromatic carbocycles. The number of alkyl halides is 2. The first-order chi connectivity index (χ1) is 15.0. The van der Waals surface area contributed by atoms with Crippen LogP contribution in [0.5, 0.6) is 0 Å². The van der Waals surface area contributed by atoms with Crippen LogP contribution in [0.3, 0.4) is 0 Å². The Kier molecular flexibility index (Phi) is 5.67. The zero-order chi connectivity index (χ0) is 22.0. The zero-order valence-corrected chi connectivity index (χ0v) is 16.4. The van der Waals surface area contributed by atoms with E-state index in [1.54, 1.807) is 36.4 Å². The highest BCUT2D eigenvalue weighted by molar-refractivity contribution is 5.77. The van der Waals surface area contributed by atoms with Crippen molar-refractivity contribution in [3.63, 3.8) is 0 Å². The molecule has 3 aromatic heterocycles. The quantitative estimate of drug-likeness (QED) is 0.444. The summed E-state index contributed by atoms with van der Waals surface area (Å²) >= 11 is 0. The van der Waals surface area contributed by atoms with Crippen LogP contribution in [-0.4, -0.2) is 38.0 Å². The number of halogens is 2. The minimum Gasteiger partial charge on any atom is -0.415 e. The molecule has 4 rings (SSSR count). The van der Waals surface area contributed by atoms with Gasteiger partial charge in [0.25, 0.3) is 11.4 Å². The van der Waals surface area contributed by atoms with E-state index in [2.05, 4.69) is 15.2 Å². The summed E-state index contributed by atoms with van der Waals surface area (Å²) in [5.74, 6) is -0.847. The minimum atomic E-state index is -2.86. The number of para-hydroxylation sites is 1. The number of fused-ring (bicyclic) bond motifs is 1. The molecule has 0 saturated heterocycles. The predicted octanol–water partition coefficient (Wildman–Crippen LogP) is 2.24. The number of benzene rings is 1. The van der Waals surface area contributed by atoms with E-state index in [9.17, 15) is 18.4 Å². The van der Waals surface area contributed by atoms with E-state index in [1.807, 2.05) is 0 Å². The Morgan fingerprint density at radius 1 is 1.10 bits per heavy atom. The van der Waals surface area contributed by atoms with E-state index in [0.29, 0.717) is 22.2 Å². The van der Waals surface area contributed by atoms with E-state index in [1.165, 1.54) is 17.9 Å². The van der Waals surface area contributed by atoms with Gasteiger partial charge >= 0.3 is 12.1 Å². The topological polar surface area (TPSA) is 105 Å². The highest BCUT2D eigenvalue weighted by Gasteiger charge is 2.18. The van der Waals surface area contributed by atoms with Crippen LogP contribution in [0.25, 0.3) is 22.4 Å². The smallest absolute Gasteiger partial charge is 0.331 e. The van der Waals surface area contributed by atoms with Crippen molar-refractivity contribution in [2.24, 2.45) is 0 Å². The third kappa shape index (κ3) is 3.99. The molecule has 0 bridgehead atoms. The van der Waals surface area contributed by atoms with Crippen LogP contribution >= 0.6 is 0 Å². The van der Waals surface area contributed by atoms with Crippen LogP contribution in [0, 0.1) is 0 Å². The molecule has 0 aliphatic carbocycles. The summed E-state index contributed by atoms with van der Waals surface area (Å²) in [5, 5.41) is 7.28. The van der Waals surface area contributed by atoms with Gasteiger partial charge in [0.05, 0.1) is 41.9 Å². The van der Waals surface area contributed by atoms with E-state index in [4.69, 9.17) is 9.15 Å². The molecule has 0 aliphatic rings. The Morgan fingerprint density at radius 3 is 2.58 bits per heavy atom. The fraction of sp³-hybridized carbons (Fsp3) is 0.250. The van der Waals surface area contributed by atoms with Gasteiger partial charge in [-0.25, -0.2) is 4.79 Å². The molecule has 4 aromatic rings. The van der Waals surface area contributed by atoms with Gasteiger partial charge in [0, 0.05) is 13.3 Å². The highest BCUT2D eigenvalue weighted by Crippen LogP contribution is 2.22. The van der Waals surface area contributed by atoms with Gasteiger partial charge < -0.3 is 9.15 Å². The number of ether oxygens (including phenoxy) is 1. The largest absolute Gasteiger partial charge is 0.415 e. The van der Waals surface area contributed by atoms with Crippen molar-refractivity contribution in [1.82, 2.24) is 24.3 Å². The summed E-state index contributed by atoms with van der Waals surface area (Å²) in [4.78, 5) is 30.0. The first kappa shape index (κ1) is 20.5. The first-order valence-corrected chi connectivity index (χ1v) is 9.27. The van der Waals surface area contributed by atoms with Gasteiger partial charge in [-0.2, -0.15) is 8.78 Å². The lowest BCUT2D eigenvalue weighted by Crippen LogP contribution is -2.41. The predicted molar refractivity (Wildman–Crippen MR) is 106 cm³/mol. The second kappa shape index (κ2) is 8.56. The molecule has 0 fully saturated rings. The molecule has 0 amide bonds. The molecular formula is C20H17F2N5O4. The molecular weight excluding hydrogens is 412 g/mol. The third-order valence-electron chi connectivity index (χ3n) is 4.67. The number of hydrogen-bond acceptors (Lipinski definition) is 7. The molecule has 0 spiro atoms. The Bertz CT molecular complexity index is 1330. The molecule has 0 radical (unpaired) electrons. The van der Waals surface area contributed by atoms with E-state index in [0.717, 1.165) is 4.57 Å². The fourth-order valence-electron chi connectivity index (χ4n) is 3.15. The van der Waals surface area contributed by atoms with E-state index >= 15 is 0 Å². The number of hydrogen-bond donors (Lipinski definition) is 0. The Labute approximate surface area is 173 Å². The lowest BCUT2D eigenvalue weighted by Gasteiger charge is -2.13. The Hall–Kier alpha value is -3.73. The van der Waals surface area contributed by atoms with Crippen molar-refractivity contribution in [2.45, 2.75) is 19.5 Å². The summed E-state index contributed by atoms with van der Waals surface area (Å²) in [5.41, 5.74) is 0.496. The fourth-order valence-corrected chi connectivity index (χ4v) is 3.15. The molecule has 3 heterocycles. The van der Waals surface area contributed by atoms with Crippen LogP contribution in [-0.2, 0) is 17.8 Å². The Morgan fingerprint density at radius 2 is 1.90 bits per heavy atom. The van der Waals surface area contributed by atoms with Crippen LogP contribution < -0.4 is 11.2 Å². The minimum absolute atomic E-state index is 0.0786. The average Bonchev–Trinajstić information content (AvgIpc) is 3.28. The second-order valence-electron chi connectivity index (χ2n) is 6.62. The average molecular weight is 429 g/mol. The van der Waals surface area contributed by atoms with Crippen LogP contribution in [0.4, 0.5) is 8.78 Å². The number of pyridine rings is 1. The molecule has 9 nitrogen and oxygen atoms in total. The monoisotopic (exact) mass is 429 g/mol. The van der Waals surface area contributed by atoms with Crippen molar-refractivity contribution in [3.05, 3.63) is 75.0 Å². The van der Waals surface area contributed by atoms with Crippen molar-refractivity contribution in [3.8, 4) is 11.5 Å². The van der Waals surface area contributed by atoms with Gasteiger partial charge in [0.1, 0.15) is 0 Å². The number of aromatic nitrogens is 5. The summed E-state index contributed by atoms with van der Waals surface area (Å²) in [6, 6.07) is 10.0. The van der Waals surface area contributed by atoms with E-state index in [-0.39, 0.29) is 31.1 Å². The SMILES string of the molecule is COCCn1c(=O)c2ccccc2n(Cc2ccc(-c3nnc(C(F)F)o3)cn2)c1=O.